The molecule has 1 aromatic rings. The molecule has 0 saturated carbocycles. The van der Waals surface area contributed by atoms with Gasteiger partial charge in [-0.2, -0.15) is 37.0 Å². The van der Waals surface area contributed by atoms with Gasteiger partial charge in [-0.25, -0.2) is 12.1 Å². The molecular weight excluding hydrogens is 631 g/mol. The Labute approximate surface area is 237 Å². The normalized spacial score (nSPS) is 10.1. The number of unbranched alkanes of at least 4 members (excludes halogenated alkanes) is 12. The smallest absolute Gasteiger partial charge is 0.377 e. The largest absolute Gasteiger partial charge is 4.00 e. The van der Waals surface area contributed by atoms with Gasteiger partial charge < -0.3 is 34.0 Å². The van der Waals surface area contributed by atoms with Crippen LogP contribution in [-0.4, -0.2) is 30.1 Å². The van der Waals surface area contributed by atoms with Crippen molar-refractivity contribution in [2.45, 2.75) is 123 Å². The first-order valence-electron chi connectivity index (χ1n) is 13.7. The first kappa shape index (κ1) is 42.2. The van der Waals surface area contributed by atoms with Crippen molar-refractivity contribution in [2.24, 2.45) is 0 Å². The Bertz CT molecular complexity index is 393. The maximum atomic E-state index is 5.30. The number of rotatable bonds is 17. The topological polar surface area (TPSA) is 27.7 Å². The van der Waals surface area contributed by atoms with Crippen molar-refractivity contribution in [2.75, 3.05) is 21.3 Å². The molecule has 0 unspecified atom stereocenters. The minimum atomic E-state index is -2.42. The molecule has 1 rings (SSSR count). The van der Waals surface area contributed by atoms with Crippen molar-refractivity contribution in [1.29, 1.82) is 0 Å². The summed E-state index contributed by atoms with van der Waals surface area (Å²) in [4.78, 5) is 0. The van der Waals surface area contributed by atoms with Gasteiger partial charge in [0.05, 0.1) is 0 Å². The molecule has 0 fully saturated rings. The molecule has 0 bridgehead atoms. The van der Waals surface area contributed by atoms with E-state index >= 15 is 0 Å². The maximum Gasteiger partial charge on any atom is 4.00 e. The van der Waals surface area contributed by atoms with Crippen molar-refractivity contribution in [1.82, 2.24) is 0 Å². The number of hydrogen-bond donors (Lipinski definition) is 0. The van der Waals surface area contributed by atoms with Gasteiger partial charge in [-0.1, -0.05) is 97.8 Å². The molecule has 0 aliphatic rings. The van der Waals surface area contributed by atoms with Crippen LogP contribution in [-0.2, 0) is 40.4 Å². The Kier molecular flexibility index (Phi) is 43.8. The molecule has 0 radical (unpaired) electrons. The van der Waals surface area contributed by atoms with E-state index in [2.05, 4.69) is 41.5 Å². The van der Waals surface area contributed by atoms with E-state index in [-0.39, 0.29) is 21.1 Å². The average Bonchev–Trinajstić information content (AvgIpc) is 3.38. The zero-order chi connectivity index (χ0) is 26.3. The van der Waals surface area contributed by atoms with Crippen LogP contribution in [0.5, 0.6) is 0 Å². The van der Waals surface area contributed by atoms with Gasteiger partial charge in [-0.05, 0) is 6.04 Å². The summed E-state index contributed by atoms with van der Waals surface area (Å²) in [6.07, 6.45) is 19.6. The molecule has 5 heteroatoms. The van der Waals surface area contributed by atoms with Crippen LogP contribution in [0.2, 0.25) is 0 Å². The molecular formula is C30H60O3PtSi. The molecule has 1 aromatic carbocycles. The molecule has 0 atom stereocenters. The quantitative estimate of drug-likeness (QED) is 0.0925. The Hall–Kier alpha value is 0.135. The first-order chi connectivity index (χ1) is 16.5. The third-order valence-corrected chi connectivity index (χ3v) is 8.10. The van der Waals surface area contributed by atoms with Crippen LogP contribution in [0.15, 0.2) is 24.3 Å². The van der Waals surface area contributed by atoms with E-state index in [1.54, 1.807) is 21.3 Å². The van der Waals surface area contributed by atoms with Crippen LogP contribution in [0.1, 0.15) is 123 Å². The second kappa shape index (κ2) is 36.3. The van der Waals surface area contributed by atoms with Crippen LogP contribution in [0.25, 0.3) is 0 Å². The van der Waals surface area contributed by atoms with Crippen LogP contribution in [0.4, 0.5) is 0 Å². The zero-order valence-corrected chi connectivity index (χ0v) is 27.6. The van der Waals surface area contributed by atoms with Crippen molar-refractivity contribution < 1.29 is 34.3 Å². The van der Waals surface area contributed by atoms with Crippen LogP contribution < -0.4 is 0 Å². The van der Waals surface area contributed by atoms with E-state index in [0.29, 0.717) is 0 Å². The predicted octanol–water partition coefficient (Wildman–Crippen LogP) is 9.74. The SMILES string of the molecule is CO[Si](C[c-]1cccc1)(OC)OC.[CH2-]CCCCCC.[CH2-]CCCCCC.[CH2-]CCCCCC.[Pt+4]. The van der Waals surface area contributed by atoms with E-state index < -0.39 is 8.80 Å². The summed E-state index contributed by atoms with van der Waals surface area (Å²) >= 11 is 0. The van der Waals surface area contributed by atoms with Crippen molar-refractivity contribution in [3.05, 3.63) is 50.6 Å². The van der Waals surface area contributed by atoms with Crippen molar-refractivity contribution in [3.8, 4) is 0 Å². The van der Waals surface area contributed by atoms with E-state index in [9.17, 15) is 0 Å². The molecule has 0 aliphatic heterocycles. The summed E-state index contributed by atoms with van der Waals surface area (Å²) in [7, 11) is 2.46. The Morgan fingerprint density at radius 3 is 1.11 bits per heavy atom. The van der Waals surface area contributed by atoms with Crippen molar-refractivity contribution >= 4 is 8.80 Å². The van der Waals surface area contributed by atoms with Gasteiger partial charge in [-0.15, -0.1) is 0 Å². The third-order valence-electron chi connectivity index (χ3n) is 5.40. The fourth-order valence-corrected chi connectivity index (χ4v) is 4.73. The first-order valence-corrected chi connectivity index (χ1v) is 15.7. The summed E-state index contributed by atoms with van der Waals surface area (Å²) in [6.45, 7) is 17.9. The van der Waals surface area contributed by atoms with Gasteiger partial charge >= 0.3 is 29.9 Å². The van der Waals surface area contributed by atoms with E-state index in [4.69, 9.17) is 13.3 Å². The molecule has 212 valence electrons. The summed E-state index contributed by atoms with van der Waals surface area (Å²) in [5.41, 5.74) is 1.19. The molecule has 0 heterocycles. The summed E-state index contributed by atoms with van der Waals surface area (Å²) in [5.74, 6) is 0. The summed E-state index contributed by atoms with van der Waals surface area (Å²) in [6, 6.07) is 8.80. The fraction of sp³-hybridized carbons (Fsp3) is 0.733. The van der Waals surface area contributed by atoms with Gasteiger partial charge in [0.15, 0.2) is 0 Å². The second-order valence-electron chi connectivity index (χ2n) is 8.51. The molecule has 0 amide bonds. The Morgan fingerprint density at radius 2 is 0.886 bits per heavy atom. The molecule has 0 saturated heterocycles. The fourth-order valence-electron chi connectivity index (χ4n) is 3.06. The number of hydrogen-bond acceptors (Lipinski definition) is 3. The monoisotopic (exact) mass is 691 g/mol. The zero-order valence-electron chi connectivity index (χ0n) is 24.3. The Balaban J connectivity index is -0.000000191. The molecule has 0 spiro atoms. The van der Waals surface area contributed by atoms with Crippen LogP contribution in [0.3, 0.4) is 0 Å². The van der Waals surface area contributed by atoms with Gasteiger partial charge in [0.25, 0.3) is 0 Å². The van der Waals surface area contributed by atoms with E-state index in [0.717, 1.165) is 25.3 Å². The molecule has 0 N–H and O–H groups in total. The second-order valence-corrected chi connectivity index (χ2v) is 11.5. The van der Waals surface area contributed by atoms with Gasteiger partial charge in [-0.3, -0.25) is 0 Å². The summed E-state index contributed by atoms with van der Waals surface area (Å²) < 4.78 is 15.9. The summed E-state index contributed by atoms with van der Waals surface area (Å²) in [5, 5.41) is 0. The minimum Gasteiger partial charge on any atom is -0.377 e. The van der Waals surface area contributed by atoms with Gasteiger partial charge in [0.1, 0.15) is 0 Å². The molecule has 0 aliphatic carbocycles. The molecule has 35 heavy (non-hydrogen) atoms. The van der Waals surface area contributed by atoms with E-state index in [1.165, 1.54) is 82.6 Å². The van der Waals surface area contributed by atoms with Crippen LogP contribution >= 0.6 is 0 Å². The molecule has 3 nitrogen and oxygen atoms in total. The van der Waals surface area contributed by atoms with Crippen LogP contribution in [0, 0.1) is 20.8 Å². The molecule has 0 aromatic heterocycles. The van der Waals surface area contributed by atoms with Gasteiger partial charge in [0.2, 0.25) is 0 Å². The third kappa shape index (κ3) is 32.1. The van der Waals surface area contributed by atoms with E-state index in [1.807, 2.05) is 24.3 Å². The van der Waals surface area contributed by atoms with Gasteiger partial charge in [0, 0.05) is 21.3 Å². The standard InChI is InChI=1S/C9H15O3Si.3C7H15.Pt/c1-10-13(11-2,12-3)8-9-6-4-5-7-9;3*1-3-5-7-6-4-2;/h4-7H,8H2,1-3H3;3*1,3-7H2,2H3;/q4*-1;+4. The average molecular weight is 692 g/mol. The predicted molar refractivity (Wildman–Crippen MR) is 155 cm³/mol. The maximum absolute atomic E-state index is 5.30. The van der Waals surface area contributed by atoms with Crippen molar-refractivity contribution in [3.63, 3.8) is 0 Å². The minimum absolute atomic E-state index is 0. The Morgan fingerprint density at radius 1 is 0.571 bits per heavy atom.